The van der Waals surface area contributed by atoms with Crippen LogP contribution in [0.5, 0.6) is 0 Å². The Hall–Kier alpha value is -1.54. The number of benzene rings is 1. The highest BCUT2D eigenvalue weighted by molar-refractivity contribution is 7.93. The van der Waals surface area contributed by atoms with Gasteiger partial charge in [-0.25, -0.2) is 8.42 Å². The lowest BCUT2D eigenvalue weighted by molar-refractivity contribution is -0.134. The molecular weight excluding hydrogens is 332 g/mol. The summed E-state index contributed by atoms with van der Waals surface area (Å²) in [6.07, 6.45) is 0.873. The summed E-state index contributed by atoms with van der Waals surface area (Å²) in [6.45, 7) is 2.87. The van der Waals surface area contributed by atoms with Crippen molar-refractivity contribution in [2.24, 2.45) is 5.92 Å². The normalized spacial score (nSPS) is 27.0. The summed E-state index contributed by atoms with van der Waals surface area (Å²) in [7, 11) is -3.80. The van der Waals surface area contributed by atoms with Gasteiger partial charge in [0.15, 0.2) is 15.6 Å². The highest BCUT2D eigenvalue weighted by atomic mass is 32.2. The molecule has 0 N–H and O–H groups in total. The molecule has 0 spiro atoms. The largest absolute Gasteiger partial charge is 0.374 e. The van der Waals surface area contributed by atoms with E-state index in [4.69, 9.17) is 14.2 Å². The van der Waals surface area contributed by atoms with Crippen molar-refractivity contribution in [3.63, 3.8) is 0 Å². The molecule has 1 aromatic rings. The van der Waals surface area contributed by atoms with Gasteiger partial charge in [0.1, 0.15) is 12.0 Å². The van der Waals surface area contributed by atoms with Gasteiger partial charge in [0.25, 0.3) is 0 Å². The molecule has 0 bridgehead atoms. The standard InChI is InChI=1S/C17H20O6S/c1-2-21-11-23-15-10-22-9-12-8-14(18)17(16(12)15)24(19,20)13-6-4-3-5-7-13/h3-8,15-17H,2,9-11H2,1H3/t15-,16+,17-/m0/s1. The van der Waals surface area contributed by atoms with Crippen LogP contribution in [0.1, 0.15) is 6.92 Å². The molecular formula is C17H20O6S. The number of fused-ring (bicyclic) bond motifs is 1. The minimum atomic E-state index is -3.80. The highest BCUT2D eigenvalue weighted by Crippen LogP contribution is 2.38. The maximum Gasteiger partial charge on any atom is 0.189 e. The van der Waals surface area contributed by atoms with E-state index in [2.05, 4.69) is 0 Å². The molecule has 3 atom stereocenters. The molecule has 2 aliphatic rings. The summed E-state index contributed by atoms with van der Waals surface area (Å²) >= 11 is 0. The second-order valence-corrected chi connectivity index (χ2v) is 7.83. The van der Waals surface area contributed by atoms with Gasteiger partial charge >= 0.3 is 0 Å². The number of hydrogen-bond donors (Lipinski definition) is 0. The third-order valence-electron chi connectivity index (χ3n) is 4.29. The van der Waals surface area contributed by atoms with Crippen LogP contribution in [-0.2, 0) is 28.8 Å². The van der Waals surface area contributed by atoms with E-state index < -0.39 is 32.9 Å². The van der Waals surface area contributed by atoms with E-state index in [9.17, 15) is 13.2 Å². The van der Waals surface area contributed by atoms with Crippen molar-refractivity contribution in [2.75, 3.05) is 26.6 Å². The molecule has 3 rings (SSSR count). The average molecular weight is 352 g/mol. The first-order chi connectivity index (χ1) is 11.6. The second kappa shape index (κ2) is 7.14. The number of allylic oxidation sites excluding steroid dienone is 1. The molecule has 130 valence electrons. The van der Waals surface area contributed by atoms with E-state index in [1.165, 1.54) is 18.2 Å². The van der Waals surface area contributed by atoms with Crippen LogP contribution >= 0.6 is 0 Å². The summed E-state index contributed by atoms with van der Waals surface area (Å²) in [5.74, 6) is -0.939. The van der Waals surface area contributed by atoms with Crippen molar-refractivity contribution in [1.82, 2.24) is 0 Å². The highest BCUT2D eigenvalue weighted by Gasteiger charge is 2.50. The number of ether oxygens (including phenoxy) is 3. The van der Waals surface area contributed by atoms with Gasteiger partial charge in [-0.1, -0.05) is 18.2 Å². The number of carbonyl (C=O) groups excluding carboxylic acids is 1. The number of sulfone groups is 1. The van der Waals surface area contributed by atoms with E-state index in [0.29, 0.717) is 12.2 Å². The lowest BCUT2D eigenvalue weighted by atomic mass is 9.93. The number of carbonyl (C=O) groups is 1. The molecule has 24 heavy (non-hydrogen) atoms. The van der Waals surface area contributed by atoms with Crippen LogP contribution in [0.4, 0.5) is 0 Å². The van der Waals surface area contributed by atoms with Crippen LogP contribution in [0.25, 0.3) is 0 Å². The molecule has 1 aliphatic heterocycles. The van der Waals surface area contributed by atoms with Crippen molar-refractivity contribution in [2.45, 2.75) is 23.2 Å². The van der Waals surface area contributed by atoms with Gasteiger partial charge in [0.05, 0.1) is 24.2 Å². The third-order valence-corrected chi connectivity index (χ3v) is 6.41. The first-order valence-corrected chi connectivity index (χ1v) is 9.40. The fourth-order valence-electron chi connectivity index (χ4n) is 3.17. The zero-order valence-electron chi connectivity index (χ0n) is 13.4. The summed E-state index contributed by atoms with van der Waals surface area (Å²) in [4.78, 5) is 12.6. The monoisotopic (exact) mass is 352 g/mol. The van der Waals surface area contributed by atoms with Crippen LogP contribution in [0, 0.1) is 5.92 Å². The molecule has 1 aromatic carbocycles. The second-order valence-electron chi connectivity index (χ2n) is 5.76. The van der Waals surface area contributed by atoms with Crippen molar-refractivity contribution < 1.29 is 27.4 Å². The average Bonchev–Trinajstić information content (AvgIpc) is 2.93. The Labute approximate surface area is 141 Å². The van der Waals surface area contributed by atoms with E-state index in [1.54, 1.807) is 18.2 Å². The first-order valence-electron chi connectivity index (χ1n) is 7.86. The van der Waals surface area contributed by atoms with Gasteiger partial charge in [-0.2, -0.15) is 0 Å². The molecule has 0 amide bonds. The van der Waals surface area contributed by atoms with Crippen molar-refractivity contribution in [1.29, 1.82) is 0 Å². The number of rotatable bonds is 6. The quantitative estimate of drug-likeness (QED) is 0.568. The molecule has 1 heterocycles. The molecule has 1 saturated heterocycles. The minimum Gasteiger partial charge on any atom is -0.374 e. The summed E-state index contributed by atoms with van der Waals surface area (Å²) in [6, 6.07) is 8.05. The van der Waals surface area contributed by atoms with Gasteiger partial charge in [0, 0.05) is 12.5 Å². The van der Waals surface area contributed by atoms with Crippen LogP contribution < -0.4 is 0 Å². The van der Waals surface area contributed by atoms with E-state index in [1.807, 2.05) is 6.92 Å². The molecule has 1 fully saturated rings. The Morgan fingerprint density at radius 1 is 1.25 bits per heavy atom. The Morgan fingerprint density at radius 2 is 2.00 bits per heavy atom. The topological polar surface area (TPSA) is 78.9 Å². The lowest BCUT2D eigenvalue weighted by Crippen LogP contribution is -2.45. The smallest absolute Gasteiger partial charge is 0.189 e. The summed E-state index contributed by atoms with van der Waals surface area (Å²) < 4.78 is 42.3. The Morgan fingerprint density at radius 3 is 2.71 bits per heavy atom. The van der Waals surface area contributed by atoms with Crippen molar-refractivity contribution >= 4 is 15.6 Å². The van der Waals surface area contributed by atoms with Gasteiger partial charge in [0.2, 0.25) is 0 Å². The lowest BCUT2D eigenvalue weighted by Gasteiger charge is -2.33. The predicted octanol–water partition coefficient (Wildman–Crippen LogP) is 1.36. The Kier molecular flexibility index (Phi) is 5.15. The van der Waals surface area contributed by atoms with Crippen LogP contribution in [0.3, 0.4) is 0 Å². The Bertz CT molecular complexity index is 725. The zero-order chi connectivity index (χ0) is 17.2. The van der Waals surface area contributed by atoms with Crippen LogP contribution in [0.15, 0.2) is 46.9 Å². The number of hydrogen-bond acceptors (Lipinski definition) is 6. The molecule has 0 aromatic heterocycles. The van der Waals surface area contributed by atoms with E-state index >= 15 is 0 Å². The van der Waals surface area contributed by atoms with Gasteiger partial charge < -0.3 is 14.2 Å². The van der Waals surface area contributed by atoms with Gasteiger partial charge in [-0.3, -0.25) is 4.79 Å². The van der Waals surface area contributed by atoms with Crippen LogP contribution in [-0.4, -0.2) is 52.2 Å². The van der Waals surface area contributed by atoms with Gasteiger partial charge in [-0.05, 0) is 30.7 Å². The maximum atomic E-state index is 13.0. The molecule has 0 radical (unpaired) electrons. The number of ketones is 1. The predicted molar refractivity (Wildman–Crippen MR) is 86.2 cm³/mol. The minimum absolute atomic E-state index is 0.0423. The first kappa shape index (κ1) is 17.3. The SMILES string of the molecule is CCOCO[C@H]1COCC2=CC(=O)[C@H](S(=O)(=O)c3ccccc3)[C@H]21. The molecule has 6 nitrogen and oxygen atoms in total. The molecule has 0 saturated carbocycles. The molecule has 1 aliphatic carbocycles. The van der Waals surface area contributed by atoms with Crippen LogP contribution in [0.2, 0.25) is 0 Å². The molecule has 7 heteroatoms. The summed E-state index contributed by atoms with van der Waals surface area (Å²) in [5.41, 5.74) is 0.678. The fraction of sp³-hybridized carbons (Fsp3) is 0.471. The maximum absolute atomic E-state index is 13.0. The Balaban J connectivity index is 1.91. The molecule has 0 unspecified atom stereocenters. The van der Waals surface area contributed by atoms with E-state index in [0.717, 1.165) is 0 Å². The van der Waals surface area contributed by atoms with Crippen molar-refractivity contribution in [3.8, 4) is 0 Å². The summed E-state index contributed by atoms with van der Waals surface area (Å²) in [5, 5.41) is -1.16. The van der Waals surface area contributed by atoms with E-state index in [-0.39, 0.29) is 24.9 Å². The third kappa shape index (κ3) is 3.17. The zero-order valence-corrected chi connectivity index (χ0v) is 14.2. The fourth-order valence-corrected chi connectivity index (χ4v) is 5.11. The van der Waals surface area contributed by atoms with Crippen molar-refractivity contribution in [3.05, 3.63) is 42.0 Å². The van der Waals surface area contributed by atoms with Gasteiger partial charge in [-0.15, -0.1) is 0 Å².